The lowest BCUT2D eigenvalue weighted by atomic mass is 10.1. The van der Waals surface area contributed by atoms with Crippen LogP contribution in [0.3, 0.4) is 0 Å². The molecule has 0 radical (unpaired) electrons. The van der Waals surface area contributed by atoms with Crippen LogP contribution >= 0.6 is 0 Å². The van der Waals surface area contributed by atoms with E-state index >= 15 is 0 Å². The van der Waals surface area contributed by atoms with E-state index in [1.165, 1.54) is 19.3 Å². The summed E-state index contributed by atoms with van der Waals surface area (Å²) < 4.78 is 0. The molecule has 6 nitrogen and oxygen atoms in total. The first-order valence-corrected chi connectivity index (χ1v) is 8.93. The maximum absolute atomic E-state index is 12.4. The molecule has 0 aromatic carbocycles. The molecule has 1 atom stereocenters. The highest BCUT2D eigenvalue weighted by molar-refractivity contribution is 5.89. The number of rotatable bonds is 5. The standard InChI is InChI=1S/C18H26N4O2/c1-2-21-13-15(11-16(21)23)18(24)20-12-14-7-6-8-19-17(14)22-9-4-3-5-10-22/h6-8,15H,2-5,9-13H2,1H3,(H,20,24). The number of pyridine rings is 1. The van der Waals surface area contributed by atoms with E-state index in [2.05, 4.69) is 15.2 Å². The van der Waals surface area contributed by atoms with Crippen LogP contribution in [0.25, 0.3) is 0 Å². The minimum Gasteiger partial charge on any atom is -0.356 e. The van der Waals surface area contributed by atoms with Crippen molar-refractivity contribution in [2.24, 2.45) is 5.92 Å². The van der Waals surface area contributed by atoms with Crippen LogP contribution in [0.2, 0.25) is 0 Å². The van der Waals surface area contributed by atoms with Crippen molar-refractivity contribution < 1.29 is 9.59 Å². The lowest BCUT2D eigenvalue weighted by Crippen LogP contribution is -2.34. The van der Waals surface area contributed by atoms with Crippen molar-refractivity contribution in [2.75, 3.05) is 31.1 Å². The predicted octanol–water partition coefficient (Wildman–Crippen LogP) is 1.56. The Labute approximate surface area is 143 Å². The fourth-order valence-corrected chi connectivity index (χ4v) is 3.54. The van der Waals surface area contributed by atoms with Gasteiger partial charge in [-0.1, -0.05) is 6.07 Å². The zero-order valence-corrected chi connectivity index (χ0v) is 14.3. The fourth-order valence-electron chi connectivity index (χ4n) is 3.54. The summed E-state index contributed by atoms with van der Waals surface area (Å²) in [5, 5.41) is 3.00. The van der Waals surface area contributed by atoms with Gasteiger partial charge in [0, 0.05) is 50.9 Å². The molecule has 1 unspecified atom stereocenters. The SMILES string of the molecule is CCN1CC(C(=O)NCc2cccnc2N2CCCCC2)CC1=O. The summed E-state index contributed by atoms with van der Waals surface area (Å²) in [5.74, 6) is 0.795. The molecule has 0 bridgehead atoms. The van der Waals surface area contributed by atoms with Gasteiger partial charge < -0.3 is 15.1 Å². The molecule has 24 heavy (non-hydrogen) atoms. The molecule has 2 aliphatic heterocycles. The van der Waals surface area contributed by atoms with Gasteiger partial charge in [0.2, 0.25) is 11.8 Å². The summed E-state index contributed by atoms with van der Waals surface area (Å²) >= 11 is 0. The Hall–Kier alpha value is -2.11. The van der Waals surface area contributed by atoms with Gasteiger partial charge in [-0.15, -0.1) is 0 Å². The largest absolute Gasteiger partial charge is 0.356 e. The number of aromatic nitrogens is 1. The summed E-state index contributed by atoms with van der Waals surface area (Å²) in [6.07, 6.45) is 5.80. The minimum atomic E-state index is -0.229. The van der Waals surface area contributed by atoms with Gasteiger partial charge in [0.1, 0.15) is 5.82 Å². The first-order valence-electron chi connectivity index (χ1n) is 8.93. The number of likely N-dealkylation sites (tertiary alicyclic amines) is 1. The molecule has 2 saturated heterocycles. The smallest absolute Gasteiger partial charge is 0.225 e. The molecule has 2 aliphatic rings. The number of carbonyl (C=O) groups excluding carboxylic acids is 2. The Kier molecular flexibility index (Phi) is 5.33. The molecule has 0 saturated carbocycles. The van der Waals surface area contributed by atoms with Crippen molar-refractivity contribution in [3.8, 4) is 0 Å². The van der Waals surface area contributed by atoms with Crippen LogP contribution < -0.4 is 10.2 Å². The molecule has 3 rings (SSSR count). The minimum absolute atomic E-state index is 0.0345. The molecule has 3 heterocycles. The van der Waals surface area contributed by atoms with Gasteiger partial charge in [-0.25, -0.2) is 4.98 Å². The highest BCUT2D eigenvalue weighted by Crippen LogP contribution is 2.22. The van der Waals surface area contributed by atoms with Crippen LogP contribution in [0.5, 0.6) is 0 Å². The molecule has 130 valence electrons. The summed E-state index contributed by atoms with van der Waals surface area (Å²) in [4.78, 5) is 32.8. The average molecular weight is 330 g/mol. The molecular weight excluding hydrogens is 304 g/mol. The molecule has 1 N–H and O–H groups in total. The Morgan fingerprint density at radius 3 is 2.83 bits per heavy atom. The van der Waals surface area contributed by atoms with E-state index in [4.69, 9.17) is 0 Å². The van der Waals surface area contributed by atoms with Gasteiger partial charge in [-0.2, -0.15) is 0 Å². The third kappa shape index (κ3) is 3.68. The number of carbonyl (C=O) groups is 2. The number of nitrogens with one attached hydrogen (secondary N) is 1. The maximum Gasteiger partial charge on any atom is 0.225 e. The Morgan fingerprint density at radius 2 is 2.12 bits per heavy atom. The molecule has 1 aromatic heterocycles. The van der Waals surface area contributed by atoms with Gasteiger partial charge in [-0.05, 0) is 32.3 Å². The van der Waals surface area contributed by atoms with Crippen molar-refractivity contribution in [1.29, 1.82) is 0 Å². The summed E-state index contributed by atoms with van der Waals surface area (Å²) in [6, 6.07) is 3.93. The normalized spacial score (nSPS) is 21.2. The van der Waals surface area contributed by atoms with E-state index in [9.17, 15) is 9.59 Å². The number of piperidine rings is 1. The van der Waals surface area contributed by atoms with E-state index in [-0.39, 0.29) is 17.7 Å². The average Bonchev–Trinajstić information content (AvgIpc) is 3.01. The van der Waals surface area contributed by atoms with Crippen molar-refractivity contribution in [3.05, 3.63) is 23.9 Å². The number of amides is 2. The zero-order valence-electron chi connectivity index (χ0n) is 14.3. The zero-order chi connectivity index (χ0) is 16.9. The molecule has 2 amide bonds. The highest BCUT2D eigenvalue weighted by Gasteiger charge is 2.33. The predicted molar refractivity (Wildman–Crippen MR) is 92.5 cm³/mol. The van der Waals surface area contributed by atoms with Crippen molar-refractivity contribution >= 4 is 17.6 Å². The highest BCUT2D eigenvalue weighted by atomic mass is 16.2. The molecule has 0 aliphatic carbocycles. The van der Waals surface area contributed by atoms with Crippen molar-refractivity contribution in [2.45, 2.75) is 39.2 Å². The molecule has 1 aromatic rings. The monoisotopic (exact) mass is 330 g/mol. The van der Waals surface area contributed by atoms with Crippen LogP contribution in [0.1, 0.15) is 38.2 Å². The van der Waals surface area contributed by atoms with Gasteiger partial charge in [0.25, 0.3) is 0 Å². The second-order valence-electron chi connectivity index (χ2n) is 6.59. The topological polar surface area (TPSA) is 65.5 Å². The summed E-state index contributed by atoms with van der Waals surface area (Å²) in [5.41, 5.74) is 1.05. The number of nitrogens with zero attached hydrogens (tertiary/aromatic N) is 3. The molecule has 2 fully saturated rings. The van der Waals surface area contributed by atoms with Gasteiger partial charge >= 0.3 is 0 Å². The quantitative estimate of drug-likeness (QED) is 0.890. The third-order valence-electron chi connectivity index (χ3n) is 4.94. The van der Waals surface area contributed by atoms with Crippen LogP contribution in [-0.2, 0) is 16.1 Å². The van der Waals surface area contributed by atoms with Gasteiger partial charge in [0.05, 0.1) is 5.92 Å². The lowest BCUT2D eigenvalue weighted by Gasteiger charge is -2.29. The maximum atomic E-state index is 12.4. The third-order valence-corrected chi connectivity index (χ3v) is 4.94. The second-order valence-corrected chi connectivity index (χ2v) is 6.59. The van der Waals surface area contributed by atoms with Crippen LogP contribution in [0.4, 0.5) is 5.82 Å². The number of hydrogen-bond acceptors (Lipinski definition) is 4. The van der Waals surface area contributed by atoms with E-state index in [0.717, 1.165) is 24.5 Å². The Bertz CT molecular complexity index is 598. The van der Waals surface area contributed by atoms with E-state index in [1.807, 2.05) is 25.3 Å². The van der Waals surface area contributed by atoms with Crippen molar-refractivity contribution in [1.82, 2.24) is 15.2 Å². The van der Waals surface area contributed by atoms with Crippen LogP contribution in [-0.4, -0.2) is 47.9 Å². The van der Waals surface area contributed by atoms with Gasteiger partial charge in [-0.3, -0.25) is 9.59 Å². The molecular formula is C18H26N4O2. The molecule has 0 spiro atoms. The fraction of sp³-hybridized carbons (Fsp3) is 0.611. The van der Waals surface area contributed by atoms with Crippen molar-refractivity contribution in [3.63, 3.8) is 0 Å². The van der Waals surface area contributed by atoms with Gasteiger partial charge in [0.15, 0.2) is 0 Å². The first-order chi connectivity index (χ1) is 11.7. The lowest BCUT2D eigenvalue weighted by molar-refractivity contribution is -0.128. The van der Waals surface area contributed by atoms with E-state index < -0.39 is 0 Å². The van der Waals surface area contributed by atoms with Crippen LogP contribution in [0, 0.1) is 5.92 Å². The Balaban J connectivity index is 1.60. The number of anilines is 1. The summed E-state index contributed by atoms with van der Waals surface area (Å²) in [6.45, 7) is 5.67. The van der Waals surface area contributed by atoms with Crippen LogP contribution in [0.15, 0.2) is 18.3 Å². The van der Waals surface area contributed by atoms with E-state index in [0.29, 0.717) is 26.1 Å². The Morgan fingerprint density at radius 1 is 1.33 bits per heavy atom. The van der Waals surface area contributed by atoms with E-state index in [1.54, 1.807) is 4.90 Å². The first kappa shape index (κ1) is 16.7. The summed E-state index contributed by atoms with van der Waals surface area (Å²) in [7, 11) is 0. The second kappa shape index (κ2) is 7.64. The molecule has 6 heteroatoms. The number of hydrogen-bond donors (Lipinski definition) is 1.